The lowest BCUT2D eigenvalue weighted by molar-refractivity contribution is 0.567. The van der Waals surface area contributed by atoms with E-state index in [1.807, 2.05) is 13.1 Å². The minimum absolute atomic E-state index is 0.0195. The van der Waals surface area contributed by atoms with Crippen LogP contribution in [0.2, 0.25) is 0 Å². The Hall–Kier alpha value is -1.62. The number of terminal acetylenes is 1. The summed E-state index contributed by atoms with van der Waals surface area (Å²) in [6.45, 7) is 7.07. The lowest BCUT2D eigenvalue weighted by atomic mass is 9.91. The second-order valence-corrected chi connectivity index (χ2v) is 6.37. The molecule has 1 rings (SSSR count). The zero-order valence-corrected chi connectivity index (χ0v) is 14.8. The quantitative estimate of drug-likeness (QED) is 0.337. The largest absolute Gasteiger partial charge is 0.308 e. The zero-order valence-electron chi connectivity index (χ0n) is 14.0. The molecule has 0 radical (unpaired) electrons. The van der Waals surface area contributed by atoms with Crippen molar-refractivity contribution < 1.29 is 0 Å². The van der Waals surface area contributed by atoms with Gasteiger partial charge in [-0.3, -0.25) is 0 Å². The molecule has 1 heterocycles. The van der Waals surface area contributed by atoms with Crippen molar-refractivity contribution in [1.82, 2.24) is 9.03 Å². The molecule has 0 aromatic rings. The molecule has 0 aromatic carbocycles. The van der Waals surface area contributed by atoms with Gasteiger partial charge < -0.3 is 0 Å². The molecular weight excluding hydrogens is 290 g/mol. The molecule has 0 amide bonds. The van der Waals surface area contributed by atoms with Crippen LogP contribution in [0.5, 0.6) is 0 Å². The first-order valence-corrected chi connectivity index (χ1v) is 8.54. The highest BCUT2D eigenvalue weighted by Crippen LogP contribution is 2.20. The van der Waals surface area contributed by atoms with E-state index >= 15 is 0 Å². The first kappa shape index (κ1) is 18.4. The SMILES string of the molecule is C#CC(/C=C(\C)C1C#[N+]CC=CN1[SH+]NC)C(C)/C=C\CC. The maximum atomic E-state index is 5.73. The summed E-state index contributed by atoms with van der Waals surface area (Å²) in [7, 11) is 1.93. The Labute approximate surface area is 139 Å². The molecule has 0 bridgehead atoms. The van der Waals surface area contributed by atoms with Crippen molar-refractivity contribution in [2.24, 2.45) is 11.8 Å². The first-order chi connectivity index (χ1) is 10.6. The van der Waals surface area contributed by atoms with Crippen LogP contribution in [-0.2, 0) is 12.1 Å². The van der Waals surface area contributed by atoms with Crippen molar-refractivity contribution in [1.29, 1.82) is 0 Å². The second kappa shape index (κ2) is 10.2. The second-order valence-electron chi connectivity index (χ2n) is 5.26. The van der Waals surface area contributed by atoms with Crippen molar-refractivity contribution in [3.63, 3.8) is 0 Å². The molecule has 3 atom stereocenters. The van der Waals surface area contributed by atoms with Crippen LogP contribution in [0.4, 0.5) is 0 Å². The molecule has 0 aliphatic carbocycles. The van der Waals surface area contributed by atoms with Crippen molar-refractivity contribution >= 4 is 12.1 Å². The summed E-state index contributed by atoms with van der Waals surface area (Å²) in [6.07, 6.45) is 17.4. The van der Waals surface area contributed by atoms with Gasteiger partial charge in [0.1, 0.15) is 0 Å². The Bertz CT molecular complexity index is 531. The maximum Gasteiger partial charge on any atom is 0.308 e. The Kier molecular flexibility index (Phi) is 8.51. The molecule has 1 aliphatic rings. The van der Waals surface area contributed by atoms with Crippen LogP contribution >= 0.6 is 0 Å². The minimum Gasteiger partial charge on any atom is -0.160 e. The summed E-state index contributed by atoms with van der Waals surface area (Å²) in [5.74, 6) is 3.32. The van der Waals surface area contributed by atoms with Crippen LogP contribution in [0.15, 0.2) is 36.1 Å². The Morgan fingerprint density at radius 3 is 3.09 bits per heavy atom. The highest BCUT2D eigenvalue weighted by molar-refractivity contribution is 7.74. The monoisotopic (exact) mass is 317 g/mol. The Morgan fingerprint density at radius 1 is 1.68 bits per heavy atom. The number of allylic oxidation sites excluding steroid dienone is 3. The van der Waals surface area contributed by atoms with Crippen LogP contribution in [-0.4, -0.2) is 23.9 Å². The number of hydrogen-bond donors (Lipinski definition) is 1. The molecule has 0 saturated carbocycles. The molecular formula is C18H27N3S+2. The van der Waals surface area contributed by atoms with E-state index in [0.29, 0.717) is 12.5 Å². The molecule has 4 heteroatoms. The third kappa shape index (κ3) is 5.64. The summed E-state index contributed by atoms with van der Waals surface area (Å²) < 4.78 is 5.31. The van der Waals surface area contributed by atoms with Gasteiger partial charge in [-0.05, 0) is 24.8 Å². The fraction of sp³-hybridized carbons (Fsp3) is 0.500. The molecule has 118 valence electrons. The molecule has 3 nitrogen and oxygen atoms in total. The van der Waals surface area contributed by atoms with E-state index in [2.05, 4.69) is 71.1 Å². The van der Waals surface area contributed by atoms with Gasteiger partial charge in [0.25, 0.3) is 6.54 Å². The number of nitrogens with one attached hydrogen (secondary N) is 1. The van der Waals surface area contributed by atoms with E-state index in [4.69, 9.17) is 6.42 Å². The third-order valence-corrected chi connectivity index (χ3v) is 4.25. The molecule has 1 aliphatic heterocycles. The van der Waals surface area contributed by atoms with Crippen molar-refractivity contribution in [3.8, 4) is 18.4 Å². The average molecular weight is 318 g/mol. The van der Waals surface area contributed by atoms with E-state index in [1.54, 1.807) is 0 Å². The van der Waals surface area contributed by atoms with E-state index in [0.717, 1.165) is 18.6 Å². The van der Waals surface area contributed by atoms with Crippen LogP contribution in [0.25, 0.3) is 4.85 Å². The predicted octanol–water partition coefficient (Wildman–Crippen LogP) is 3.18. The fourth-order valence-electron chi connectivity index (χ4n) is 2.21. The van der Waals surface area contributed by atoms with E-state index in [1.165, 1.54) is 5.57 Å². The molecule has 0 saturated heterocycles. The van der Waals surface area contributed by atoms with Gasteiger partial charge in [0.15, 0.2) is 12.1 Å². The van der Waals surface area contributed by atoms with Gasteiger partial charge in [0, 0.05) is 19.0 Å². The van der Waals surface area contributed by atoms with Crippen LogP contribution in [0, 0.1) is 30.2 Å². The lowest BCUT2D eigenvalue weighted by Gasteiger charge is -2.17. The van der Waals surface area contributed by atoms with E-state index in [-0.39, 0.29) is 12.0 Å². The Balaban J connectivity index is 2.95. The number of rotatable bonds is 7. The van der Waals surface area contributed by atoms with Crippen LogP contribution in [0.3, 0.4) is 0 Å². The topological polar surface area (TPSA) is 19.6 Å². The standard InChI is InChI=1S/C18H26N3S/c1-6-8-10-15(3)17(7-2)13-16(4)18-14-20-11-9-12-21(18)22-19-5/h2,8-10,12-13,15,17-19H,6,11H2,1,3-5H3/q+1/p+1/b10-8-,16-13+. The normalized spacial score (nSPS) is 21.0. The summed E-state index contributed by atoms with van der Waals surface area (Å²) in [5.41, 5.74) is 1.18. The van der Waals surface area contributed by atoms with Gasteiger partial charge in [0.05, 0.1) is 6.20 Å². The van der Waals surface area contributed by atoms with Gasteiger partial charge in [-0.15, -0.1) is 11.1 Å². The third-order valence-electron chi connectivity index (χ3n) is 3.46. The lowest BCUT2D eigenvalue weighted by Crippen LogP contribution is -2.33. The summed E-state index contributed by atoms with van der Waals surface area (Å²) in [4.78, 5) is 4.32. The molecule has 0 aromatic heterocycles. The van der Waals surface area contributed by atoms with E-state index < -0.39 is 0 Å². The van der Waals surface area contributed by atoms with Gasteiger partial charge in [-0.2, -0.15) is 4.31 Å². The molecule has 0 spiro atoms. The van der Waals surface area contributed by atoms with Gasteiger partial charge in [0.2, 0.25) is 6.04 Å². The summed E-state index contributed by atoms with van der Waals surface area (Å²) in [6, 6.07) is 3.23. The molecule has 3 unspecified atom stereocenters. The number of thiol groups is 1. The molecule has 22 heavy (non-hydrogen) atoms. The minimum atomic E-state index is 0.0195. The highest BCUT2D eigenvalue weighted by atomic mass is 32.2. The molecule has 0 fully saturated rings. The fourth-order valence-corrected chi connectivity index (χ4v) is 2.95. The van der Waals surface area contributed by atoms with Crippen LogP contribution in [0.1, 0.15) is 27.2 Å². The average Bonchev–Trinajstić information content (AvgIpc) is 2.76. The highest BCUT2D eigenvalue weighted by Gasteiger charge is 2.28. The van der Waals surface area contributed by atoms with Gasteiger partial charge in [-0.1, -0.05) is 42.8 Å². The number of hydrogen-bond acceptors (Lipinski definition) is 2. The van der Waals surface area contributed by atoms with Crippen molar-refractivity contribution in [3.05, 3.63) is 40.9 Å². The van der Waals surface area contributed by atoms with Gasteiger partial charge in [-0.25, -0.2) is 0 Å². The smallest absolute Gasteiger partial charge is 0.160 e. The molecule has 1 N–H and O–H groups in total. The van der Waals surface area contributed by atoms with Crippen molar-refractivity contribution in [2.45, 2.75) is 33.2 Å². The predicted molar refractivity (Wildman–Crippen MR) is 99.4 cm³/mol. The van der Waals surface area contributed by atoms with Crippen LogP contribution < -0.4 is 4.72 Å². The summed E-state index contributed by atoms with van der Waals surface area (Å²) >= 11 is 1.01. The van der Waals surface area contributed by atoms with Crippen molar-refractivity contribution in [2.75, 3.05) is 13.6 Å². The van der Waals surface area contributed by atoms with Gasteiger partial charge >= 0.3 is 6.07 Å². The zero-order chi connectivity index (χ0) is 16.4. The number of nitrogens with zero attached hydrogens (tertiary/aromatic N) is 2. The maximum absolute atomic E-state index is 5.73. The van der Waals surface area contributed by atoms with E-state index in [9.17, 15) is 0 Å². The summed E-state index contributed by atoms with van der Waals surface area (Å²) in [5, 5.41) is 0. The Morgan fingerprint density at radius 2 is 2.45 bits per heavy atom. The first-order valence-electron chi connectivity index (χ1n) is 7.69.